The quantitative estimate of drug-likeness (QED) is 0.227. The Kier molecular flexibility index (Phi) is 8.55. The molecule has 3 aromatic rings. The normalized spacial score (nSPS) is 14.1. The molecule has 1 aromatic heterocycles. The number of rotatable bonds is 8. The van der Waals surface area contributed by atoms with Crippen LogP contribution in [0.2, 0.25) is 5.02 Å². The van der Waals surface area contributed by atoms with E-state index < -0.39 is 17.2 Å². The van der Waals surface area contributed by atoms with Gasteiger partial charge in [-0.3, -0.25) is 23.9 Å². The van der Waals surface area contributed by atoms with Gasteiger partial charge < -0.3 is 9.84 Å². The Hall–Kier alpha value is -3.91. The van der Waals surface area contributed by atoms with Gasteiger partial charge in [-0.1, -0.05) is 59.8 Å². The van der Waals surface area contributed by atoms with Crippen molar-refractivity contribution in [2.75, 3.05) is 13.7 Å². The highest BCUT2D eigenvalue weighted by Crippen LogP contribution is 2.33. The average Bonchev–Trinajstić information content (AvgIpc) is 3.18. The Bertz CT molecular complexity index is 1610. The number of nitrogens with zero attached hydrogens (tertiary/aromatic N) is 3. The summed E-state index contributed by atoms with van der Waals surface area (Å²) in [5, 5.41) is 21.2. The van der Waals surface area contributed by atoms with Crippen LogP contribution in [0.1, 0.15) is 39.0 Å². The van der Waals surface area contributed by atoms with Gasteiger partial charge in [-0.25, -0.2) is 0 Å². The van der Waals surface area contributed by atoms with Crippen LogP contribution in [0, 0.1) is 18.3 Å². The van der Waals surface area contributed by atoms with Gasteiger partial charge in [-0.15, -0.1) is 0 Å². The number of halogens is 1. The van der Waals surface area contributed by atoms with Gasteiger partial charge in [-0.2, -0.15) is 5.26 Å². The van der Waals surface area contributed by atoms with Crippen LogP contribution >= 0.6 is 35.6 Å². The summed E-state index contributed by atoms with van der Waals surface area (Å²) in [7, 11) is 1.53. The first-order valence-corrected chi connectivity index (χ1v) is 13.3. The number of ketones is 1. The molecule has 2 aromatic carbocycles. The summed E-state index contributed by atoms with van der Waals surface area (Å²) >= 11 is 12.4. The van der Waals surface area contributed by atoms with E-state index >= 15 is 0 Å². The zero-order valence-electron chi connectivity index (χ0n) is 20.9. The van der Waals surface area contributed by atoms with Crippen molar-refractivity contribution in [1.29, 1.82) is 5.26 Å². The fraction of sp³-hybridized carbons (Fsp3) is 0.179. The Morgan fingerprint density at radius 1 is 1.18 bits per heavy atom. The molecule has 2 heterocycles. The highest BCUT2D eigenvalue weighted by Gasteiger charge is 2.33. The minimum Gasteiger partial charge on any atom is -0.497 e. The molecule has 0 aliphatic carbocycles. The van der Waals surface area contributed by atoms with E-state index in [4.69, 9.17) is 28.6 Å². The Balaban J connectivity index is 1.57. The van der Waals surface area contributed by atoms with Gasteiger partial charge >= 0.3 is 0 Å². The number of carbonyl (C=O) groups is 2. The van der Waals surface area contributed by atoms with Crippen LogP contribution in [0.4, 0.5) is 0 Å². The Labute approximate surface area is 239 Å². The zero-order valence-corrected chi connectivity index (χ0v) is 23.3. The van der Waals surface area contributed by atoms with Gasteiger partial charge in [0.05, 0.1) is 24.1 Å². The standard InChI is InChI=1S/C28H22ClN3O5S2/c1-16-21(14-30)25(34)32(15-18-5-9-20(37-2)10-6-18)27(36)24(16)22(33)11-12-31-26(35)23(39-28(31)38)13-17-3-7-19(29)8-4-17/h3-10,13,36H,11-12,15H2,1-2H3/b23-13-. The predicted octanol–water partition coefficient (Wildman–Crippen LogP) is 4.92. The van der Waals surface area contributed by atoms with Crippen molar-refractivity contribution in [3.8, 4) is 17.7 Å². The molecule has 1 saturated heterocycles. The molecule has 198 valence electrons. The van der Waals surface area contributed by atoms with Gasteiger partial charge in [0.1, 0.15) is 21.7 Å². The van der Waals surface area contributed by atoms with E-state index in [2.05, 4.69) is 0 Å². The van der Waals surface area contributed by atoms with E-state index in [0.717, 1.165) is 21.9 Å². The lowest BCUT2D eigenvalue weighted by Crippen LogP contribution is -2.31. The summed E-state index contributed by atoms with van der Waals surface area (Å²) in [5.74, 6) is -0.784. The lowest BCUT2D eigenvalue weighted by Gasteiger charge is -2.17. The maximum Gasteiger partial charge on any atom is 0.271 e. The highest BCUT2D eigenvalue weighted by molar-refractivity contribution is 8.26. The van der Waals surface area contributed by atoms with Crippen LogP contribution in [-0.4, -0.2) is 44.2 Å². The van der Waals surface area contributed by atoms with Crippen LogP contribution in [0.3, 0.4) is 0 Å². The number of nitriles is 1. The summed E-state index contributed by atoms with van der Waals surface area (Å²) in [6, 6.07) is 15.7. The van der Waals surface area contributed by atoms with Crippen molar-refractivity contribution >= 4 is 57.7 Å². The van der Waals surface area contributed by atoms with E-state index in [9.17, 15) is 24.8 Å². The minimum absolute atomic E-state index is 0.0279. The second kappa shape index (κ2) is 11.9. The van der Waals surface area contributed by atoms with Crippen LogP contribution in [0.25, 0.3) is 6.08 Å². The molecular weight excluding hydrogens is 558 g/mol. The van der Waals surface area contributed by atoms with Crippen LogP contribution < -0.4 is 10.3 Å². The number of Topliss-reactive ketones (excluding diaryl/α,β-unsaturated/α-hetero) is 1. The third kappa shape index (κ3) is 5.91. The molecule has 0 spiro atoms. The van der Waals surface area contributed by atoms with E-state index in [1.54, 1.807) is 54.6 Å². The molecule has 1 aliphatic rings. The largest absolute Gasteiger partial charge is 0.497 e. The van der Waals surface area contributed by atoms with Gasteiger partial charge in [0.25, 0.3) is 11.5 Å². The molecule has 1 N–H and O–H groups in total. The van der Waals surface area contributed by atoms with Gasteiger partial charge in [-0.05, 0) is 54.0 Å². The molecule has 0 unspecified atom stereocenters. The fourth-order valence-corrected chi connectivity index (χ4v) is 5.52. The van der Waals surface area contributed by atoms with Gasteiger partial charge in [0.15, 0.2) is 5.78 Å². The minimum atomic E-state index is -0.704. The average molecular weight is 580 g/mol. The Morgan fingerprint density at radius 3 is 2.46 bits per heavy atom. The van der Waals surface area contributed by atoms with Gasteiger partial charge in [0.2, 0.25) is 5.88 Å². The maximum absolute atomic E-state index is 13.3. The number of benzene rings is 2. The third-order valence-corrected chi connectivity index (χ3v) is 7.81. The molecule has 0 bridgehead atoms. The third-order valence-electron chi connectivity index (χ3n) is 6.18. The molecule has 11 heteroatoms. The second-order valence-electron chi connectivity index (χ2n) is 8.61. The van der Waals surface area contributed by atoms with Crippen LogP contribution in [-0.2, 0) is 11.3 Å². The first kappa shape index (κ1) is 28.1. The smallest absolute Gasteiger partial charge is 0.271 e. The molecular formula is C28H22ClN3O5S2. The molecule has 0 radical (unpaired) electrons. The number of thiocarbonyl (C=S) groups is 1. The number of thioether (sulfide) groups is 1. The topological polar surface area (TPSA) is 113 Å². The second-order valence-corrected chi connectivity index (χ2v) is 10.7. The molecule has 1 aliphatic heterocycles. The molecule has 1 amide bonds. The number of hydrogen-bond donors (Lipinski definition) is 1. The van der Waals surface area contributed by atoms with Crippen molar-refractivity contribution in [2.45, 2.75) is 19.9 Å². The summed E-state index contributed by atoms with van der Waals surface area (Å²) < 4.78 is 6.44. The number of aromatic nitrogens is 1. The monoisotopic (exact) mass is 579 g/mol. The summed E-state index contributed by atoms with van der Waals surface area (Å²) in [6.45, 7) is 1.35. The highest BCUT2D eigenvalue weighted by atomic mass is 35.5. The molecule has 0 atom stereocenters. The van der Waals surface area contributed by atoms with E-state index in [0.29, 0.717) is 25.6 Å². The summed E-state index contributed by atoms with van der Waals surface area (Å²) in [4.78, 5) is 41.0. The first-order valence-electron chi connectivity index (χ1n) is 11.7. The fourth-order valence-electron chi connectivity index (χ4n) is 4.09. The predicted molar refractivity (Wildman–Crippen MR) is 154 cm³/mol. The van der Waals surface area contributed by atoms with Crippen molar-refractivity contribution in [1.82, 2.24) is 9.47 Å². The van der Waals surface area contributed by atoms with Crippen molar-refractivity contribution < 1.29 is 19.4 Å². The van der Waals surface area contributed by atoms with Crippen molar-refractivity contribution in [2.24, 2.45) is 0 Å². The molecule has 4 rings (SSSR count). The zero-order chi connectivity index (χ0) is 28.3. The SMILES string of the molecule is COc1ccc(Cn2c(O)c(C(=O)CCN3C(=O)/C(=C/c4ccc(Cl)cc4)SC3=S)c(C)c(C#N)c2=O)cc1. The number of pyridine rings is 1. The van der Waals surface area contributed by atoms with Crippen LogP contribution in [0.5, 0.6) is 11.6 Å². The maximum atomic E-state index is 13.3. The lowest BCUT2D eigenvalue weighted by molar-refractivity contribution is -0.122. The van der Waals surface area contributed by atoms with E-state index in [-0.39, 0.29) is 42.1 Å². The Morgan fingerprint density at radius 2 is 1.85 bits per heavy atom. The summed E-state index contributed by atoms with van der Waals surface area (Å²) in [6.07, 6.45) is 1.52. The number of ether oxygens (including phenoxy) is 1. The van der Waals surface area contributed by atoms with Gasteiger partial charge in [0, 0.05) is 18.0 Å². The number of aromatic hydroxyl groups is 1. The van der Waals surface area contributed by atoms with E-state index in [1.807, 2.05) is 6.07 Å². The number of hydrogen-bond acceptors (Lipinski definition) is 8. The number of carbonyl (C=O) groups excluding carboxylic acids is 2. The number of methoxy groups -OCH3 is 1. The molecule has 0 saturated carbocycles. The van der Waals surface area contributed by atoms with Crippen molar-refractivity contribution in [3.05, 3.63) is 96.6 Å². The number of amides is 1. The molecule has 8 nitrogen and oxygen atoms in total. The van der Waals surface area contributed by atoms with E-state index in [1.165, 1.54) is 18.9 Å². The molecule has 39 heavy (non-hydrogen) atoms. The van der Waals surface area contributed by atoms with Crippen molar-refractivity contribution in [3.63, 3.8) is 0 Å². The first-order chi connectivity index (χ1) is 18.6. The lowest BCUT2D eigenvalue weighted by atomic mass is 9.99. The van der Waals surface area contributed by atoms with Crippen LogP contribution in [0.15, 0.2) is 58.2 Å². The molecule has 1 fully saturated rings. The summed E-state index contributed by atoms with van der Waals surface area (Å²) in [5.41, 5.74) is 0.445.